The molecule has 1 fully saturated rings. The molecule has 108 valence electrons. The molecule has 1 heterocycles. The summed E-state index contributed by atoms with van der Waals surface area (Å²) >= 11 is 0. The summed E-state index contributed by atoms with van der Waals surface area (Å²) < 4.78 is 2.10. The Morgan fingerprint density at radius 2 is 2.26 bits per heavy atom. The second kappa shape index (κ2) is 7.04. The van der Waals surface area contributed by atoms with Gasteiger partial charge in [0.25, 0.3) is 0 Å². The number of hydrogen-bond donors (Lipinski definition) is 1. The number of nitrogens with one attached hydrogen (secondary N) is 1. The first-order valence-corrected chi connectivity index (χ1v) is 7.79. The first-order valence-electron chi connectivity index (χ1n) is 7.79. The lowest BCUT2D eigenvalue weighted by Crippen LogP contribution is -2.34. The minimum absolute atomic E-state index is 0.626. The molecule has 0 aromatic carbocycles. The Bertz CT molecular complexity index is 370. The standard InChI is InChI=1S/C15H28N4/c1-4-16-14-7-5-6-13(8-14)9-15-17-11-18-19(15)10-12(2)3/h11-14,16H,4-10H2,1-3H3. The van der Waals surface area contributed by atoms with Crippen LogP contribution < -0.4 is 5.32 Å². The normalized spacial score (nSPS) is 24.0. The van der Waals surface area contributed by atoms with Crippen molar-refractivity contribution in [1.29, 1.82) is 0 Å². The molecule has 0 saturated heterocycles. The summed E-state index contributed by atoms with van der Waals surface area (Å²) in [6.45, 7) is 8.73. The Balaban J connectivity index is 1.91. The Hall–Kier alpha value is -0.900. The Morgan fingerprint density at radius 1 is 1.42 bits per heavy atom. The van der Waals surface area contributed by atoms with Crippen molar-refractivity contribution >= 4 is 0 Å². The van der Waals surface area contributed by atoms with Gasteiger partial charge in [-0.2, -0.15) is 5.10 Å². The van der Waals surface area contributed by atoms with Crippen molar-refractivity contribution in [3.63, 3.8) is 0 Å². The maximum absolute atomic E-state index is 4.47. The fraction of sp³-hybridized carbons (Fsp3) is 0.867. The van der Waals surface area contributed by atoms with Crippen LogP contribution in [0, 0.1) is 11.8 Å². The van der Waals surface area contributed by atoms with Gasteiger partial charge in [-0.25, -0.2) is 9.67 Å². The van der Waals surface area contributed by atoms with Crippen molar-refractivity contribution in [3.05, 3.63) is 12.2 Å². The van der Waals surface area contributed by atoms with E-state index in [2.05, 4.69) is 40.9 Å². The van der Waals surface area contributed by atoms with Crippen LogP contribution in [0.5, 0.6) is 0 Å². The summed E-state index contributed by atoms with van der Waals surface area (Å²) in [5, 5.41) is 7.97. The highest BCUT2D eigenvalue weighted by Gasteiger charge is 2.23. The summed E-state index contributed by atoms with van der Waals surface area (Å²) in [5.74, 6) is 2.57. The van der Waals surface area contributed by atoms with Crippen molar-refractivity contribution in [1.82, 2.24) is 20.1 Å². The van der Waals surface area contributed by atoms with Crippen molar-refractivity contribution in [3.8, 4) is 0 Å². The van der Waals surface area contributed by atoms with E-state index in [-0.39, 0.29) is 0 Å². The first-order chi connectivity index (χ1) is 9.19. The Morgan fingerprint density at radius 3 is 3.00 bits per heavy atom. The molecule has 1 aromatic heterocycles. The maximum atomic E-state index is 4.47. The molecule has 2 unspecified atom stereocenters. The van der Waals surface area contributed by atoms with E-state index >= 15 is 0 Å². The molecule has 1 aliphatic carbocycles. The predicted octanol–water partition coefficient (Wildman–Crippen LogP) is 2.64. The molecule has 0 bridgehead atoms. The molecule has 4 heteroatoms. The van der Waals surface area contributed by atoms with Crippen LogP contribution in [0.25, 0.3) is 0 Å². The largest absolute Gasteiger partial charge is 0.314 e. The zero-order valence-corrected chi connectivity index (χ0v) is 12.6. The molecule has 1 saturated carbocycles. The second-order valence-electron chi connectivity index (χ2n) is 6.24. The zero-order chi connectivity index (χ0) is 13.7. The van der Waals surface area contributed by atoms with Gasteiger partial charge in [-0.3, -0.25) is 0 Å². The van der Waals surface area contributed by atoms with Crippen LogP contribution in [-0.4, -0.2) is 27.4 Å². The molecule has 2 rings (SSSR count). The quantitative estimate of drug-likeness (QED) is 0.859. The van der Waals surface area contributed by atoms with Gasteiger partial charge in [-0.05, 0) is 37.6 Å². The van der Waals surface area contributed by atoms with Crippen molar-refractivity contribution in [2.24, 2.45) is 11.8 Å². The number of nitrogens with zero attached hydrogens (tertiary/aromatic N) is 3. The topological polar surface area (TPSA) is 42.7 Å². The van der Waals surface area contributed by atoms with Gasteiger partial charge < -0.3 is 5.32 Å². The van der Waals surface area contributed by atoms with Crippen LogP contribution in [0.2, 0.25) is 0 Å². The average Bonchev–Trinajstić information content (AvgIpc) is 2.77. The van der Waals surface area contributed by atoms with Crippen molar-refractivity contribution < 1.29 is 0 Å². The average molecular weight is 264 g/mol. The lowest BCUT2D eigenvalue weighted by molar-refractivity contribution is 0.280. The van der Waals surface area contributed by atoms with Gasteiger partial charge in [0.1, 0.15) is 12.2 Å². The Kier molecular flexibility index (Phi) is 5.37. The van der Waals surface area contributed by atoms with E-state index in [0.29, 0.717) is 12.0 Å². The van der Waals surface area contributed by atoms with Crippen LogP contribution in [0.1, 0.15) is 52.3 Å². The SMILES string of the molecule is CCNC1CCCC(Cc2ncnn2CC(C)C)C1. The third-order valence-electron chi connectivity index (χ3n) is 3.98. The van der Waals surface area contributed by atoms with Gasteiger partial charge in [0.15, 0.2) is 0 Å². The summed E-state index contributed by atoms with van der Waals surface area (Å²) in [4.78, 5) is 4.47. The molecule has 0 amide bonds. The van der Waals surface area contributed by atoms with Crippen LogP contribution in [-0.2, 0) is 13.0 Å². The fourth-order valence-corrected chi connectivity index (χ4v) is 3.15. The smallest absolute Gasteiger partial charge is 0.138 e. The molecule has 2 atom stereocenters. The van der Waals surface area contributed by atoms with Crippen LogP contribution in [0.3, 0.4) is 0 Å². The second-order valence-corrected chi connectivity index (χ2v) is 6.24. The number of aromatic nitrogens is 3. The minimum Gasteiger partial charge on any atom is -0.314 e. The first kappa shape index (κ1) is 14.5. The van der Waals surface area contributed by atoms with E-state index in [1.165, 1.54) is 31.5 Å². The summed E-state index contributed by atoms with van der Waals surface area (Å²) in [6, 6.07) is 0.713. The molecule has 1 N–H and O–H groups in total. The maximum Gasteiger partial charge on any atom is 0.138 e. The molecular weight excluding hydrogens is 236 g/mol. The molecule has 0 aliphatic heterocycles. The molecule has 1 aromatic rings. The van der Waals surface area contributed by atoms with Crippen molar-refractivity contribution in [2.75, 3.05) is 6.54 Å². The van der Waals surface area contributed by atoms with Gasteiger partial charge >= 0.3 is 0 Å². The van der Waals surface area contributed by atoms with E-state index in [4.69, 9.17) is 0 Å². The highest BCUT2D eigenvalue weighted by atomic mass is 15.3. The van der Waals surface area contributed by atoms with Gasteiger partial charge in [-0.1, -0.05) is 27.2 Å². The molecule has 19 heavy (non-hydrogen) atoms. The molecule has 4 nitrogen and oxygen atoms in total. The van der Waals surface area contributed by atoms with E-state index in [1.807, 2.05) is 0 Å². The molecule has 1 aliphatic rings. The minimum atomic E-state index is 0.626. The fourth-order valence-electron chi connectivity index (χ4n) is 3.15. The van der Waals surface area contributed by atoms with E-state index in [9.17, 15) is 0 Å². The highest BCUT2D eigenvalue weighted by molar-refractivity contribution is 4.90. The third kappa shape index (κ3) is 4.30. The number of hydrogen-bond acceptors (Lipinski definition) is 3. The van der Waals surface area contributed by atoms with Crippen LogP contribution in [0.4, 0.5) is 0 Å². The van der Waals surface area contributed by atoms with Crippen LogP contribution >= 0.6 is 0 Å². The third-order valence-corrected chi connectivity index (χ3v) is 3.98. The highest BCUT2D eigenvalue weighted by Crippen LogP contribution is 2.27. The molecule has 0 radical (unpaired) electrons. The zero-order valence-electron chi connectivity index (χ0n) is 12.6. The van der Waals surface area contributed by atoms with Crippen LogP contribution in [0.15, 0.2) is 6.33 Å². The van der Waals surface area contributed by atoms with Gasteiger partial charge in [-0.15, -0.1) is 0 Å². The predicted molar refractivity (Wildman–Crippen MR) is 78.0 cm³/mol. The van der Waals surface area contributed by atoms with E-state index in [1.54, 1.807) is 6.33 Å². The van der Waals surface area contributed by atoms with E-state index in [0.717, 1.165) is 25.4 Å². The van der Waals surface area contributed by atoms with Gasteiger partial charge in [0.05, 0.1) is 0 Å². The Labute approximate surface area is 117 Å². The molecular formula is C15H28N4. The summed E-state index contributed by atoms with van der Waals surface area (Å²) in [5.41, 5.74) is 0. The van der Waals surface area contributed by atoms with Gasteiger partial charge in [0, 0.05) is 19.0 Å². The van der Waals surface area contributed by atoms with Gasteiger partial charge in [0.2, 0.25) is 0 Å². The summed E-state index contributed by atoms with van der Waals surface area (Å²) in [6.07, 6.45) is 8.12. The monoisotopic (exact) mass is 264 g/mol. The lowest BCUT2D eigenvalue weighted by atomic mass is 9.83. The number of rotatable bonds is 6. The summed E-state index contributed by atoms with van der Waals surface area (Å²) in [7, 11) is 0. The van der Waals surface area contributed by atoms with Crippen molar-refractivity contribution in [2.45, 2.75) is 65.5 Å². The van der Waals surface area contributed by atoms with E-state index < -0.39 is 0 Å². The lowest BCUT2D eigenvalue weighted by Gasteiger charge is -2.29. The molecule has 0 spiro atoms.